The van der Waals surface area contributed by atoms with Gasteiger partial charge >= 0.3 is 0 Å². The molecule has 5 heteroatoms. The van der Waals surface area contributed by atoms with Crippen molar-refractivity contribution in [3.63, 3.8) is 0 Å². The van der Waals surface area contributed by atoms with Crippen molar-refractivity contribution in [3.05, 3.63) is 60.3 Å². The van der Waals surface area contributed by atoms with Gasteiger partial charge in [0.05, 0.1) is 13.7 Å². The second-order valence-electron chi connectivity index (χ2n) is 5.52. The molecule has 0 unspecified atom stereocenters. The lowest BCUT2D eigenvalue weighted by Crippen LogP contribution is -2.31. The summed E-state index contributed by atoms with van der Waals surface area (Å²) in [6.45, 7) is 0.951. The summed E-state index contributed by atoms with van der Waals surface area (Å²) >= 11 is 0. The first-order chi connectivity index (χ1) is 11.7. The van der Waals surface area contributed by atoms with Gasteiger partial charge in [-0.1, -0.05) is 18.2 Å². The lowest BCUT2D eigenvalue weighted by atomic mass is 10.2. The topological polar surface area (TPSA) is 54.6 Å². The molecule has 0 bridgehead atoms. The van der Waals surface area contributed by atoms with Crippen LogP contribution in [-0.4, -0.2) is 43.1 Å². The molecule has 1 amide bonds. The summed E-state index contributed by atoms with van der Waals surface area (Å²) in [6, 6.07) is 17.1. The molecule has 124 valence electrons. The molecule has 0 aliphatic rings. The van der Waals surface area contributed by atoms with Gasteiger partial charge in [0.2, 0.25) is 0 Å². The summed E-state index contributed by atoms with van der Waals surface area (Å²) in [5.41, 5.74) is 1.44. The third-order valence-corrected chi connectivity index (χ3v) is 3.85. The minimum absolute atomic E-state index is 0.0678. The Morgan fingerprint density at radius 2 is 1.88 bits per heavy atom. The molecule has 0 saturated heterocycles. The van der Waals surface area contributed by atoms with E-state index in [9.17, 15) is 4.79 Å². The molecule has 0 spiro atoms. The molecule has 24 heavy (non-hydrogen) atoms. The van der Waals surface area contributed by atoms with Crippen LogP contribution in [0.5, 0.6) is 11.5 Å². The molecule has 0 saturated carbocycles. The van der Waals surface area contributed by atoms with Crippen LogP contribution in [0.1, 0.15) is 10.5 Å². The quantitative estimate of drug-likeness (QED) is 0.757. The van der Waals surface area contributed by atoms with Crippen LogP contribution >= 0.6 is 0 Å². The Labute approximate surface area is 140 Å². The van der Waals surface area contributed by atoms with E-state index < -0.39 is 0 Å². The van der Waals surface area contributed by atoms with Crippen molar-refractivity contribution in [2.45, 2.75) is 0 Å². The first kappa shape index (κ1) is 15.9. The number of aromatic nitrogens is 1. The normalized spacial score (nSPS) is 10.6. The van der Waals surface area contributed by atoms with Crippen molar-refractivity contribution in [2.75, 3.05) is 27.3 Å². The molecule has 1 heterocycles. The molecular weight excluding hydrogens is 304 g/mol. The predicted molar refractivity (Wildman–Crippen MR) is 93.7 cm³/mol. The number of amides is 1. The fraction of sp³-hybridized carbons (Fsp3) is 0.211. The van der Waals surface area contributed by atoms with Crippen molar-refractivity contribution < 1.29 is 14.3 Å². The number of hydrogen-bond donors (Lipinski definition) is 1. The first-order valence-corrected chi connectivity index (χ1v) is 7.77. The molecule has 0 aliphatic heterocycles. The highest BCUT2D eigenvalue weighted by molar-refractivity contribution is 5.98. The van der Waals surface area contributed by atoms with Crippen LogP contribution in [-0.2, 0) is 0 Å². The number of nitrogens with one attached hydrogen (secondary N) is 1. The number of ether oxygens (including phenoxy) is 2. The third kappa shape index (κ3) is 3.51. The second-order valence-corrected chi connectivity index (χ2v) is 5.52. The van der Waals surface area contributed by atoms with E-state index in [4.69, 9.17) is 9.47 Å². The molecule has 1 N–H and O–H groups in total. The van der Waals surface area contributed by atoms with Crippen molar-refractivity contribution >= 4 is 16.8 Å². The molecule has 0 atom stereocenters. The molecule has 1 aromatic heterocycles. The fourth-order valence-electron chi connectivity index (χ4n) is 2.47. The van der Waals surface area contributed by atoms with E-state index >= 15 is 0 Å². The van der Waals surface area contributed by atoms with E-state index in [-0.39, 0.29) is 5.91 Å². The van der Waals surface area contributed by atoms with E-state index in [1.165, 1.54) is 0 Å². The smallest absolute Gasteiger partial charge is 0.270 e. The van der Waals surface area contributed by atoms with Gasteiger partial charge in [0, 0.05) is 24.0 Å². The summed E-state index contributed by atoms with van der Waals surface area (Å²) < 4.78 is 10.8. The Morgan fingerprint density at radius 1 is 1.08 bits per heavy atom. The number of carbonyl (C=O) groups excluding carboxylic acids is 1. The zero-order chi connectivity index (χ0) is 16.9. The van der Waals surface area contributed by atoms with Gasteiger partial charge in [-0.15, -0.1) is 0 Å². The number of H-pyrrole nitrogens is 1. The maximum Gasteiger partial charge on any atom is 0.270 e. The highest BCUT2D eigenvalue weighted by atomic mass is 16.5. The summed E-state index contributed by atoms with van der Waals surface area (Å²) in [7, 11) is 3.39. The Kier molecular flexibility index (Phi) is 4.70. The Bertz CT molecular complexity index is 827. The number of hydrogen-bond acceptors (Lipinski definition) is 3. The van der Waals surface area contributed by atoms with Crippen LogP contribution < -0.4 is 9.47 Å². The largest absolute Gasteiger partial charge is 0.497 e. The molecule has 0 radical (unpaired) electrons. The standard InChI is InChI=1S/C19H20N2O3/c1-21(10-11-24-15-6-4-3-5-7-15)19(22)18-12-14-8-9-16(23-2)13-17(14)20-18/h3-9,12-13,20H,10-11H2,1-2H3. The van der Waals surface area contributed by atoms with Gasteiger partial charge < -0.3 is 19.4 Å². The first-order valence-electron chi connectivity index (χ1n) is 7.77. The molecular formula is C19H20N2O3. The lowest BCUT2D eigenvalue weighted by molar-refractivity contribution is 0.0769. The number of rotatable bonds is 6. The molecule has 5 nitrogen and oxygen atoms in total. The van der Waals surface area contributed by atoms with Gasteiger partial charge in [0.15, 0.2) is 0 Å². The number of nitrogens with zero attached hydrogens (tertiary/aromatic N) is 1. The molecule has 3 aromatic rings. The van der Waals surface area contributed by atoms with Crippen molar-refractivity contribution in [2.24, 2.45) is 0 Å². The zero-order valence-electron chi connectivity index (χ0n) is 13.8. The molecule has 3 rings (SSSR count). The van der Waals surface area contributed by atoms with E-state index in [2.05, 4.69) is 4.98 Å². The molecule has 0 fully saturated rings. The van der Waals surface area contributed by atoms with Gasteiger partial charge in [-0.2, -0.15) is 0 Å². The molecule has 2 aromatic carbocycles. The van der Waals surface area contributed by atoms with Crippen LogP contribution in [0, 0.1) is 0 Å². The lowest BCUT2D eigenvalue weighted by Gasteiger charge is -2.16. The Hall–Kier alpha value is -2.95. The van der Waals surface area contributed by atoms with Gasteiger partial charge in [0.1, 0.15) is 23.8 Å². The molecule has 0 aliphatic carbocycles. The fourth-order valence-corrected chi connectivity index (χ4v) is 2.47. The van der Waals surface area contributed by atoms with Gasteiger partial charge in [-0.3, -0.25) is 4.79 Å². The van der Waals surface area contributed by atoms with Crippen LogP contribution in [0.2, 0.25) is 0 Å². The van der Waals surface area contributed by atoms with Gasteiger partial charge in [-0.05, 0) is 30.3 Å². The van der Waals surface area contributed by atoms with Crippen LogP contribution in [0.3, 0.4) is 0 Å². The maximum absolute atomic E-state index is 12.5. The zero-order valence-corrected chi connectivity index (χ0v) is 13.8. The van der Waals surface area contributed by atoms with Gasteiger partial charge in [0.25, 0.3) is 5.91 Å². The van der Waals surface area contributed by atoms with Crippen molar-refractivity contribution in [1.82, 2.24) is 9.88 Å². The minimum atomic E-state index is -0.0678. The van der Waals surface area contributed by atoms with Crippen LogP contribution in [0.15, 0.2) is 54.6 Å². The number of likely N-dealkylation sites (N-methyl/N-ethyl adjacent to an activating group) is 1. The Balaban J connectivity index is 1.62. The van der Waals surface area contributed by atoms with Crippen molar-refractivity contribution in [1.29, 1.82) is 0 Å². The Morgan fingerprint density at radius 3 is 2.62 bits per heavy atom. The second kappa shape index (κ2) is 7.08. The highest BCUT2D eigenvalue weighted by Crippen LogP contribution is 2.21. The number of fused-ring (bicyclic) bond motifs is 1. The van der Waals surface area contributed by atoms with Crippen LogP contribution in [0.25, 0.3) is 10.9 Å². The predicted octanol–water partition coefficient (Wildman–Crippen LogP) is 3.33. The monoisotopic (exact) mass is 324 g/mol. The summed E-state index contributed by atoms with van der Waals surface area (Å²) in [5.74, 6) is 1.49. The van der Waals surface area contributed by atoms with E-state index in [0.29, 0.717) is 18.8 Å². The van der Waals surface area contributed by atoms with E-state index in [1.54, 1.807) is 19.1 Å². The maximum atomic E-state index is 12.5. The summed E-state index contributed by atoms with van der Waals surface area (Å²) in [5, 5.41) is 0.980. The third-order valence-electron chi connectivity index (χ3n) is 3.85. The number of benzene rings is 2. The number of methoxy groups -OCH3 is 1. The van der Waals surface area contributed by atoms with Crippen LogP contribution in [0.4, 0.5) is 0 Å². The van der Waals surface area contributed by atoms with E-state index in [0.717, 1.165) is 22.4 Å². The highest BCUT2D eigenvalue weighted by Gasteiger charge is 2.14. The number of para-hydroxylation sites is 1. The van der Waals surface area contributed by atoms with Gasteiger partial charge in [-0.25, -0.2) is 0 Å². The average molecular weight is 324 g/mol. The van der Waals surface area contributed by atoms with Crippen molar-refractivity contribution in [3.8, 4) is 11.5 Å². The SMILES string of the molecule is COc1ccc2cc(C(=O)N(C)CCOc3ccccc3)[nH]c2c1. The number of carbonyl (C=O) groups is 1. The number of aromatic amines is 1. The van der Waals surface area contributed by atoms with E-state index in [1.807, 2.05) is 54.6 Å². The average Bonchev–Trinajstić information content (AvgIpc) is 3.04. The minimum Gasteiger partial charge on any atom is -0.497 e. The summed E-state index contributed by atoms with van der Waals surface area (Å²) in [6.07, 6.45) is 0. The summed E-state index contributed by atoms with van der Waals surface area (Å²) in [4.78, 5) is 17.3.